The van der Waals surface area contributed by atoms with E-state index >= 15 is 0 Å². The summed E-state index contributed by atoms with van der Waals surface area (Å²) in [5.41, 5.74) is 1.35. The van der Waals surface area contributed by atoms with Crippen molar-refractivity contribution in [3.05, 3.63) is 30.1 Å². The molecule has 0 amide bonds. The van der Waals surface area contributed by atoms with Crippen LogP contribution in [-0.4, -0.2) is 38.2 Å². The van der Waals surface area contributed by atoms with Gasteiger partial charge in [-0.1, -0.05) is 6.07 Å². The van der Waals surface area contributed by atoms with Crippen LogP contribution in [0.4, 0.5) is 0 Å². The maximum absolute atomic E-state index is 4.18. The Morgan fingerprint density at radius 2 is 2.19 bits per heavy atom. The van der Waals surface area contributed by atoms with E-state index in [0.29, 0.717) is 0 Å². The smallest absolute Gasteiger partial charge is 0.104 e. The predicted molar refractivity (Wildman–Crippen MR) is 64.5 cm³/mol. The molecule has 1 aliphatic heterocycles. The molecule has 88 valence electrons. The summed E-state index contributed by atoms with van der Waals surface area (Å²) in [7, 11) is 4.62. The van der Waals surface area contributed by atoms with Gasteiger partial charge in [-0.05, 0) is 6.07 Å². The highest BCUT2D eigenvalue weighted by Gasteiger charge is 2.25. The summed E-state index contributed by atoms with van der Waals surface area (Å²) in [6, 6.07) is 5.04. The molecule has 16 heavy (non-hydrogen) atoms. The van der Waals surface area contributed by atoms with Gasteiger partial charge in [0.25, 0.3) is 0 Å². The second-order valence-corrected chi connectivity index (χ2v) is 5.12. The molecule has 0 aliphatic carbocycles. The van der Waals surface area contributed by atoms with E-state index in [4.69, 9.17) is 0 Å². The fourth-order valence-corrected chi connectivity index (χ4v) is 2.57. The van der Waals surface area contributed by atoms with Gasteiger partial charge in [-0.25, -0.2) is 0 Å². The predicted octanol–water partition coefficient (Wildman–Crippen LogP) is -1.23. The molecule has 2 heterocycles. The zero-order chi connectivity index (χ0) is 11.4. The minimum absolute atomic E-state index is 0.837. The van der Waals surface area contributed by atoms with Crippen molar-refractivity contribution in [2.75, 3.05) is 27.2 Å². The molecule has 0 saturated carbocycles. The van der Waals surface area contributed by atoms with Crippen molar-refractivity contribution >= 4 is 0 Å². The molecule has 1 aliphatic rings. The first-order valence-corrected chi connectivity index (χ1v) is 6.28. The van der Waals surface area contributed by atoms with Gasteiger partial charge in [-0.2, -0.15) is 0 Å². The lowest BCUT2D eigenvalue weighted by atomic mass is 10.0. The van der Waals surface area contributed by atoms with Gasteiger partial charge in [0.05, 0.1) is 33.2 Å². The summed E-state index contributed by atoms with van der Waals surface area (Å²) >= 11 is 0. The largest absolute Gasteiger partial charge is 0.337 e. The second kappa shape index (κ2) is 5.41. The van der Waals surface area contributed by atoms with E-state index in [9.17, 15) is 0 Å². The van der Waals surface area contributed by atoms with Gasteiger partial charge in [-0.15, -0.1) is 0 Å². The number of likely N-dealkylation sites (tertiary alicyclic amines) is 1. The van der Waals surface area contributed by atoms with Crippen molar-refractivity contribution in [3.63, 3.8) is 0 Å². The number of aromatic nitrogens is 1. The number of rotatable bonds is 3. The number of piperidine rings is 1. The van der Waals surface area contributed by atoms with Crippen molar-refractivity contribution in [1.29, 1.82) is 0 Å². The van der Waals surface area contributed by atoms with Gasteiger partial charge in [-0.3, -0.25) is 4.98 Å². The Morgan fingerprint density at radius 3 is 2.81 bits per heavy atom. The first kappa shape index (κ1) is 11.6. The zero-order valence-electron chi connectivity index (χ0n) is 10.4. The number of nitrogens with one attached hydrogen (secondary N) is 2. The summed E-state index contributed by atoms with van der Waals surface area (Å²) in [5, 5.41) is 0. The SMILES string of the molecule is C[NH+]1CCC([NH+](C)Cc2cccnc2)CC1. The Morgan fingerprint density at radius 1 is 1.44 bits per heavy atom. The van der Waals surface area contributed by atoms with Crippen LogP contribution in [0.25, 0.3) is 0 Å². The molecule has 0 aromatic carbocycles. The van der Waals surface area contributed by atoms with Gasteiger partial charge in [0.15, 0.2) is 0 Å². The van der Waals surface area contributed by atoms with Crippen LogP contribution in [0.1, 0.15) is 18.4 Å². The lowest BCUT2D eigenvalue weighted by Gasteiger charge is -2.30. The fraction of sp³-hybridized carbons (Fsp3) is 0.615. The minimum Gasteiger partial charge on any atom is -0.337 e. The molecule has 1 aromatic rings. The molecule has 3 nitrogen and oxygen atoms in total. The average molecular weight is 221 g/mol. The van der Waals surface area contributed by atoms with Gasteiger partial charge < -0.3 is 9.80 Å². The van der Waals surface area contributed by atoms with Crippen molar-refractivity contribution < 1.29 is 9.80 Å². The highest BCUT2D eigenvalue weighted by molar-refractivity contribution is 5.06. The van der Waals surface area contributed by atoms with Crippen LogP contribution in [-0.2, 0) is 6.54 Å². The number of nitrogens with zero attached hydrogens (tertiary/aromatic N) is 1. The van der Waals surface area contributed by atoms with Gasteiger partial charge in [0.2, 0.25) is 0 Å². The Balaban J connectivity index is 1.86. The molecule has 1 fully saturated rings. The third-order valence-corrected chi connectivity index (χ3v) is 3.74. The standard InChI is InChI=1S/C13H21N3/c1-15-8-5-13(6-9-15)16(2)11-12-4-3-7-14-10-12/h3-4,7,10,13H,5-6,8-9,11H2,1-2H3/p+2. The molecular formula is C13H23N3+2. The maximum atomic E-state index is 4.18. The Labute approximate surface area is 98.1 Å². The van der Waals surface area contributed by atoms with Gasteiger partial charge in [0.1, 0.15) is 6.54 Å². The van der Waals surface area contributed by atoms with Crippen molar-refractivity contribution in [2.45, 2.75) is 25.4 Å². The third kappa shape index (κ3) is 3.03. The molecule has 1 atom stereocenters. The van der Waals surface area contributed by atoms with Crippen LogP contribution in [0.2, 0.25) is 0 Å². The molecule has 0 bridgehead atoms. The number of hydrogen-bond acceptors (Lipinski definition) is 1. The molecule has 3 heteroatoms. The van der Waals surface area contributed by atoms with Crippen LogP contribution >= 0.6 is 0 Å². The van der Waals surface area contributed by atoms with Crippen LogP contribution < -0.4 is 9.80 Å². The van der Waals surface area contributed by atoms with Crippen molar-refractivity contribution in [2.24, 2.45) is 0 Å². The molecule has 1 aromatic heterocycles. The first-order valence-electron chi connectivity index (χ1n) is 6.28. The maximum Gasteiger partial charge on any atom is 0.104 e. The quantitative estimate of drug-likeness (QED) is 0.656. The van der Waals surface area contributed by atoms with Crippen LogP contribution in [0.3, 0.4) is 0 Å². The number of quaternary nitrogens is 2. The summed E-state index contributed by atoms with van der Waals surface area (Å²) < 4.78 is 0. The Hall–Kier alpha value is -0.930. The zero-order valence-corrected chi connectivity index (χ0v) is 10.4. The van der Waals surface area contributed by atoms with E-state index in [-0.39, 0.29) is 0 Å². The fourth-order valence-electron chi connectivity index (χ4n) is 2.57. The molecule has 0 spiro atoms. The lowest BCUT2D eigenvalue weighted by Crippen LogP contribution is -3.17. The minimum atomic E-state index is 0.837. The van der Waals surface area contributed by atoms with E-state index in [2.05, 4.69) is 25.1 Å². The van der Waals surface area contributed by atoms with Crippen molar-refractivity contribution in [1.82, 2.24) is 4.98 Å². The highest BCUT2D eigenvalue weighted by atomic mass is 15.2. The van der Waals surface area contributed by atoms with Gasteiger partial charge in [0, 0.05) is 30.8 Å². The topological polar surface area (TPSA) is 21.8 Å². The van der Waals surface area contributed by atoms with Crippen LogP contribution in [0.5, 0.6) is 0 Å². The first-order chi connectivity index (χ1) is 7.75. The molecular weight excluding hydrogens is 198 g/mol. The molecule has 2 rings (SSSR count). The third-order valence-electron chi connectivity index (χ3n) is 3.74. The van der Waals surface area contributed by atoms with E-state index in [1.807, 2.05) is 18.5 Å². The van der Waals surface area contributed by atoms with Crippen LogP contribution in [0, 0.1) is 0 Å². The summed E-state index contributed by atoms with van der Waals surface area (Å²) in [4.78, 5) is 7.50. The number of pyridine rings is 1. The summed E-state index contributed by atoms with van der Waals surface area (Å²) in [5.74, 6) is 0. The molecule has 2 N–H and O–H groups in total. The number of hydrogen-bond donors (Lipinski definition) is 2. The second-order valence-electron chi connectivity index (χ2n) is 5.12. The average Bonchev–Trinajstić information content (AvgIpc) is 2.31. The van der Waals surface area contributed by atoms with E-state index < -0.39 is 0 Å². The van der Waals surface area contributed by atoms with Crippen molar-refractivity contribution in [3.8, 4) is 0 Å². The van der Waals surface area contributed by atoms with E-state index in [1.165, 1.54) is 31.5 Å². The summed E-state index contributed by atoms with van der Waals surface area (Å²) in [6.07, 6.45) is 6.55. The molecule has 1 unspecified atom stereocenters. The normalized spacial score (nSPS) is 27.6. The summed E-state index contributed by atoms with van der Waals surface area (Å²) in [6.45, 7) is 3.77. The highest BCUT2D eigenvalue weighted by Crippen LogP contribution is 1.97. The van der Waals surface area contributed by atoms with E-state index in [0.717, 1.165) is 12.6 Å². The Kier molecular flexibility index (Phi) is 3.91. The van der Waals surface area contributed by atoms with E-state index in [1.54, 1.807) is 9.80 Å². The Bertz CT molecular complexity index is 304. The van der Waals surface area contributed by atoms with Gasteiger partial charge >= 0.3 is 0 Å². The lowest BCUT2D eigenvalue weighted by molar-refractivity contribution is -0.948. The monoisotopic (exact) mass is 221 g/mol. The van der Waals surface area contributed by atoms with Crippen LogP contribution in [0.15, 0.2) is 24.5 Å². The molecule has 0 radical (unpaired) electrons. The molecule has 1 saturated heterocycles.